The lowest BCUT2D eigenvalue weighted by molar-refractivity contribution is -0.129. The predicted molar refractivity (Wildman–Crippen MR) is 115 cm³/mol. The molecule has 0 unspecified atom stereocenters. The van der Waals surface area contributed by atoms with E-state index in [4.69, 9.17) is 9.47 Å². The molecule has 0 saturated heterocycles. The van der Waals surface area contributed by atoms with Crippen molar-refractivity contribution >= 4 is 17.7 Å². The summed E-state index contributed by atoms with van der Waals surface area (Å²) in [5.74, 6) is 2.00. The average molecular weight is 425 g/mol. The minimum atomic E-state index is 0.110. The van der Waals surface area contributed by atoms with Crippen LogP contribution in [-0.4, -0.2) is 51.6 Å². The highest BCUT2D eigenvalue weighted by molar-refractivity contribution is 7.99. The third kappa shape index (κ3) is 4.76. The van der Waals surface area contributed by atoms with E-state index in [0.29, 0.717) is 23.5 Å². The molecule has 1 saturated carbocycles. The van der Waals surface area contributed by atoms with Gasteiger partial charge in [-0.15, -0.1) is 10.2 Å². The smallest absolute Gasteiger partial charge is 0.233 e. The van der Waals surface area contributed by atoms with Crippen molar-refractivity contribution in [1.29, 1.82) is 0 Å². The van der Waals surface area contributed by atoms with Crippen molar-refractivity contribution in [3.05, 3.63) is 60.4 Å². The molecule has 0 aliphatic heterocycles. The van der Waals surface area contributed by atoms with Gasteiger partial charge >= 0.3 is 0 Å². The Balaban J connectivity index is 1.42. The lowest BCUT2D eigenvalue weighted by atomic mass is 10.2. The fraction of sp³-hybridized carbons (Fsp3) is 0.318. The van der Waals surface area contributed by atoms with Crippen molar-refractivity contribution in [2.75, 3.05) is 20.0 Å². The molecule has 1 heterocycles. The zero-order chi connectivity index (χ0) is 20.9. The Hall–Kier alpha value is -3.00. The molecule has 0 bridgehead atoms. The number of ether oxygens (including phenoxy) is 2. The van der Waals surface area contributed by atoms with E-state index >= 15 is 0 Å². The first-order valence-corrected chi connectivity index (χ1v) is 10.8. The molecule has 1 fully saturated rings. The number of thioether (sulfide) groups is 1. The topological polar surface area (TPSA) is 69.5 Å². The van der Waals surface area contributed by atoms with Crippen molar-refractivity contribution in [2.24, 2.45) is 0 Å². The SMILES string of the molecule is COc1ccc(CN(C(=O)CSc2nncn2-c2cccc(OC)c2)C2CC2)cc1. The first-order chi connectivity index (χ1) is 14.7. The van der Waals surface area contributed by atoms with Crippen molar-refractivity contribution in [3.63, 3.8) is 0 Å². The lowest BCUT2D eigenvalue weighted by Crippen LogP contribution is -2.34. The number of carbonyl (C=O) groups excluding carboxylic acids is 1. The van der Waals surface area contributed by atoms with E-state index in [2.05, 4.69) is 10.2 Å². The van der Waals surface area contributed by atoms with Gasteiger partial charge in [0, 0.05) is 18.7 Å². The molecular formula is C22H24N4O3S. The van der Waals surface area contributed by atoms with Crippen LogP contribution in [0.4, 0.5) is 0 Å². The molecule has 0 N–H and O–H groups in total. The van der Waals surface area contributed by atoms with Gasteiger partial charge in [-0.3, -0.25) is 9.36 Å². The first-order valence-electron chi connectivity index (χ1n) is 9.77. The van der Waals surface area contributed by atoms with E-state index in [9.17, 15) is 4.79 Å². The maximum Gasteiger partial charge on any atom is 0.233 e. The molecule has 4 rings (SSSR count). The summed E-state index contributed by atoms with van der Waals surface area (Å²) in [4.78, 5) is 15.0. The summed E-state index contributed by atoms with van der Waals surface area (Å²) < 4.78 is 12.4. The van der Waals surface area contributed by atoms with Gasteiger partial charge in [0.15, 0.2) is 5.16 Å². The van der Waals surface area contributed by atoms with E-state index in [-0.39, 0.29) is 5.91 Å². The predicted octanol–water partition coefficient (Wildman–Crippen LogP) is 3.57. The quantitative estimate of drug-likeness (QED) is 0.489. The van der Waals surface area contributed by atoms with Crippen LogP contribution in [0.25, 0.3) is 5.69 Å². The summed E-state index contributed by atoms with van der Waals surface area (Å²) in [5.41, 5.74) is 1.99. The minimum Gasteiger partial charge on any atom is -0.497 e. The summed E-state index contributed by atoms with van der Waals surface area (Å²) in [6, 6.07) is 15.9. The number of hydrogen-bond acceptors (Lipinski definition) is 6. The second kappa shape index (κ2) is 9.21. The van der Waals surface area contributed by atoms with Crippen molar-refractivity contribution in [3.8, 4) is 17.2 Å². The van der Waals surface area contributed by atoms with Crippen LogP contribution in [0.2, 0.25) is 0 Å². The van der Waals surface area contributed by atoms with Gasteiger partial charge in [0.05, 0.1) is 25.7 Å². The Kier molecular flexibility index (Phi) is 6.23. The Morgan fingerprint density at radius 3 is 2.60 bits per heavy atom. The molecule has 0 radical (unpaired) electrons. The monoisotopic (exact) mass is 424 g/mol. The molecule has 1 aliphatic rings. The fourth-order valence-electron chi connectivity index (χ4n) is 3.20. The number of hydrogen-bond donors (Lipinski definition) is 0. The zero-order valence-corrected chi connectivity index (χ0v) is 17.8. The average Bonchev–Trinajstić information content (AvgIpc) is 3.52. The second-order valence-electron chi connectivity index (χ2n) is 7.07. The van der Waals surface area contributed by atoms with Crippen LogP contribution in [-0.2, 0) is 11.3 Å². The Morgan fingerprint density at radius 1 is 1.13 bits per heavy atom. The van der Waals surface area contributed by atoms with Crippen LogP contribution in [0, 0.1) is 0 Å². The van der Waals surface area contributed by atoms with Gasteiger partial charge in [-0.2, -0.15) is 0 Å². The van der Waals surface area contributed by atoms with Crippen LogP contribution in [0.5, 0.6) is 11.5 Å². The van der Waals surface area contributed by atoms with Gasteiger partial charge in [-0.25, -0.2) is 0 Å². The highest BCUT2D eigenvalue weighted by Crippen LogP contribution is 2.30. The molecule has 156 valence electrons. The highest BCUT2D eigenvalue weighted by Gasteiger charge is 2.32. The molecule has 1 amide bonds. The molecule has 1 aromatic heterocycles. The number of amides is 1. The maximum absolute atomic E-state index is 13.0. The van der Waals surface area contributed by atoms with Crippen LogP contribution in [0.1, 0.15) is 18.4 Å². The highest BCUT2D eigenvalue weighted by atomic mass is 32.2. The molecule has 3 aromatic rings. The zero-order valence-electron chi connectivity index (χ0n) is 17.0. The molecule has 0 atom stereocenters. The van der Waals surface area contributed by atoms with E-state index < -0.39 is 0 Å². The Labute approximate surface area is 180 Å². The molecular weight excluding hydrogens is 400 g/mol. The lowest BCUT2D eigenvalue weighted by Gasteiger charge is -2.22. The second-order valence-corrected chi connectivity index (χ2v) is 8.02. The van der Waals surface area contributed by atoms with Gasteiger partial charge in [0.1, 0.15) is 17.8 Å². The standard InChI is InChI=1S/C22H24N4O3S/c1-28-19-10-6-16(7-11-19)13-25(17-8-9-17)21(27)14-30-22-24-23-15-26(22)18-4-3-5-20(12-18)29-2/h3-7,10-12,15,17H,8-9,13-14H2,1-2H3. The third-order valence-corrected chi connectivity index (χ3v) is 5.92. The minimum absolute atomic E-state index is 0.110. The van der Waals surface area contributed by atoms with Crippen LogP contribution in [0.3, 0.4) is 0 Å². The normalized spacial score (nSPS) is 13.1. The van der Waals surface area contributed by atoms with E-state index in [0.717, 1.165) is 35.6 Å². The maximum atomic E-state index is 13.0. The number of nitrogens with zero attached hydrogens (tertiary/aromatic N) is 4. The van der Waals surface area contributed by atoms with E-state index in [1.807, 2.05) is 58.0 Å². The summed E-state index contributed by atoms with van der Waals surface area (Å²) in [6.45, 7) is 0.608. The van der Waals surface area contributed by atoms with Gasteiger partial charge in [-0.1, -0.05) is 30.0 Å². The Bertz CT molecular complexity index is 1000. The van der Waals surface area contributed by atoms with Crippen LogP contribution in [0.15, 0.2) is 60.0 Å². The molecule has 2 aromatic carbocycles. The summed E-state index contributed by atoms with van der Waals surface area (Å²) in [5, 5.41) is 8.89. The van der Waals surface area contributed by atoms with Crippen molar-refractivity contribution < 1.29 is 14.3 Å². The first kappa shape index (κ1) is 20.3. The number of carbonyl (C=O) groups is 1. The van der Waals surface area contributed by atoms with Gasteiger partial charge in [0.2, 0.25) is 5.91 Å². The van der Waals surface area contributed by atoms with Crippen LogP contribution >= 0.6 is 11.8 Å². The molecule has 1 aliphatic carbocycles. The van der Waals surface area contributed by atoms with E-state index in [1.54, 1.807) is 20.5 Å². The molecule has 8 heteroatoms. The van der Waals surface area contributed by atoms with Crippen LogP contribution < -0.4 is 9.47 Å². The van der Waals surface area contributed by atoms with Gasteiger partial charge in [0.25, 0.3) is 0 Å². The number of aromatic nitrogens is 3. The summed E-state index contributed by atoms with van der Waals surface area (Å²) >= 11 is 1.40. The number of benzene rings is 2. The fourth-order valence-corrected chi connectivity index (χ4v) is 4.02. The summed E-state index contributed by atoms with van der Waals surface area (Å²) in [7, 11) is 3.28. The number of methoxy groups -OCH3 is 2. The molecule has 30 heavy (non-hydrogen) atoms. The molecule has 7 nitrogen and oxygen atoms in total. The largest absolute Gasteiger partial charge is 0.497 e. The third-order valence-electron chi connectivity index (χ3n) is 4.99. The van der Waals surface area contributed by atoms with Gasteiger partial charge in [-0.05, 0) is 42.7 Å². The van der Waals surface area contributed by atoms with Crippen molar-refractivity contribution in [1.82, 2.24) is 19.7 Å². The van der Waals surface area contributed by atoms with E-state index in [1.165, 1.54) is 11.8 Å². The van der Waals surface area contributed by atoms with Crippen molar-refractivity contribution in [2.45, 2.75) is 30.6 Å². The molecule has 0 spiro atoms. The Morgan fingerprint density at radius 2 is 1.90 bits per heavy atom. The number of rotatable bonds is 9. The summed E-state index contributed by atoms with van der Waals surface area (Å²) in [6.07, 6.45) is 3.77. The van der Waals surface area contributed by atoms with Gasteiger partial charge < -0.3 is 14.4 Å².